The Hall–Kier alpha value is -0.950. The molecular weight excluding hydrogens is 370 g/mol. The number of ether oxygens (including phenoxy) is 1. The zero-order valence-corrected chi connectivity index (χ0v) is 12.8. The minimum atomic E-state index is -0.450. The summed E-state index contributed by atoms with van der Waals surface area (Å²) in [6.45, 7) is 2.05. The van der Waals surface area contributed by atoms with Crippen molar-refractivity contribution in [2.45, 2.75) is 18.7 Å². The van der Waals surface area contributed by atoms with Gasteiger partial charge < -0.3 is 4.74 Å². The van der Waals surface area contributed by atoms with Crippen LogP contribution in [0.4, 0.5) is 5.69 Å². The Morgan fingerprint density at radius 1 is 1.50 bits per heavy atom. The Morgan fingerprint density at radius 3 is 2.67 bits per heavy atom. The van der Waals surface area contributed by atoms with Crippen LogP contribution in [-0.4, -0.2) is 17.5 Å². The van der Waals surface area contributed by atoms with E-state index in [9.17, 15) is 14.9 Å². The molecule has 0 aromatic heterocycles. The summed E-state index contributed by atoms with van der Waals surface area (Å²) in [7, 11) is 0. The number of hydrogen-bond donors (Lipinski definition) is 0. The Labute approximate surface area is 121 Å². The van der Waals surface area contributed by atoms with Crippen molar-refractivity contribution in [3.05, 3.63) is 37.8 Å². The molecule has 0 amide bonds. The number of nitro benzene ring substituents is 1. The summed E-state index contributed by atoms with van der Waals surface area (Å²) >= 11 is 6.35. The van der Waals surface area contributed by atoms with Crippen LogP contribution in [0.3, 0.4) is 0 Å². The zero-order valence-electron chi connectivity index (χ0n) is 9.61. The van der Waals surface area contributed by atoms with E-state index < -0.39 is 4.92 Å². The lowest BCUT2D eigenvalue weighted by molar-refractivity contribution is -0.386. The van der Waals surface area contributed by atoms with Gasteiger partial charge in [0.1, 0.15) is 0 Å². The van der Waals surface area contributed by atoms with Gasteiger partial charge in [0.2, 0.25) is 0 Å². The van der Waals surface area contributed by atoms with E-state index in [0.29, 0.717) is 27.5 Å². The number of rotatable bonds is 5. The van der Waals surface area contributed by atoms with Crippen LogP contribution in [0.15, 0.2) is 16.6 Å². The SMILES string of the molecule is CCOC(=O)Cc1cc(Br)c([N+](=O)[O-])c(CBr)c1. The second-order valence-electron chi connectivity index (χ2n) is 3.46. The monoisotopic (exact) mass is 379 g/mol. The average Bonchev–Trinajstić information content (AvgIpc) is 2.27. The summed E-state index contributed by atoms with van der Waals surface area (Å²) in [5.41, 5.74) is 1.22. The number of hydrogen-bond acceptors (Lipinski definition) is 4. The van der Waals surface area contributed by atoms with Gasteiger partial charge in [-0.15, -0.1) is 0 Å². The van der Waals surface area contributed by atoms with E-state index in [0.717, 1.165) is 0 Å². The first-order valence-corrected chi connectivity index (χ1v) is 7.08. The van der Waals surface area contributed by atoms with Gasteiger partial charge in [0, 0.05) is 10.9 Å². The summed E-state index contributed by atoms with van der Waals surface area (Å²) in [4.78, 5) is 21.8. The smallest absolute Gasteiger partial charge is 0.310 e. The maximum absolute atomic E-state index is 11.4. The van der Waals surface area contributed by atoms with Gasteiger partial charge in [-0.05, 0) is 40.5 Å². The predicted octanol–water partition coefficient (Wildman–Crippen LogP) is 3.36. The number of halogens is 2. The second kappa shape index (κ2) is 6.84. The van der Waals surface area contributed by atoms with E-state index in [1.807, 2.05) is 0 Å². The third-order valence-electron chi connectivity index (χ3n) is 2.18. The number of nitro groups is 1. The number of nitrogens with zero attached hydrogens (tertiary/aromatic N) is 1. The normalized spacial score (nSPS) is 10.2. The number of esters is 1. The van der Waals surface area contributed by atoms with Gasteiger partial charge >= 0.3 is 5.97 Å². The van der Waals surface area contributed by atoms with Gasteiger partial charge in [-0.3, -0.25) is 14.9 Å². The van der Waals surface area contributed by atoms with Crippen molar-refractivity contribution in [1.82, 2.24) is 0 Å². The molecule has 1 rings (SSSR count). The van der Waals surface area contributed by atoms with Crippen molar-refractivity contribution < 1.29 is 14.5 Å². The highest BCUT2D eigenvalue weighted by atomic mass is 79.9. The largest absolute Gasteiger partial charge is 0.466 e. The minimum absolute atomic E-state index is 0.0134. The molecule has 0 fully saturated rings. The molecule has 0 bridgehead atoms. The van der Waals surface area contributed by atoms with Crippen LogP contribution in [0, 0.1) is 10.1 Å². The fourth-order valence-electron chi connectivity index (χ4n) is 1.51. The molecule has 0 radical (unpaired) electrons. The fourth-order valence-corrected chi connectivity index (χ4v) is 2.63. The van der Waals surface area contributed by atoms with E-state index >= 15 is 0 Å². The van der Waals surface area contributed by atoms with Crippen LogP contribution in [0.1, 0.15) is 18.1 Å². The third-order valence-corrected chi connectivity index (χ3v) is 3.39. The second-order valence-corrected chi connectivity index (χ2v) is 4.87. The molecule has 0 N–H and O–H groups in total. The standard InChI is InChI=1S/C11H11Br2NO4/c1-2-18-10(15)5-7-3-8(6-12)11(14(16)17)9(13)4-7/h3-4H,2,5-6H2,1H3. The summed E-state index contributed by atoms with van der Waals surface area (Å²) in [5, 5.41) is 11.2. The molecule has 7 heteroatoms. The van der Waals surface area contributed by atoms with Crippen molar-refractivity contribution >= 4 is 43.5 Å². The molecule has 0 heterocycles. The summed E-state index contributed by atoms with van der Waals surface area (Å²) in [6, 6.07) is 3.20. The molecule has 0 saturated carbocycles. The molecule has 1 aromatic carbocycles. The van der Waals surface area contributed by atoms with Crippen LogP contribution >= 0.6 is 31.9 Å². The van der Waals surface area contributed by atoms with Crippen LogP contribution in [0.5, 0.6) is 0 Å². The van der Waals surface area contributed by atoms with E-state index in [1.54, 1.807) is 19.1 Å². The quantitative estimate of drug-likeness (QED) is 0.340. The maximum atomic E-state index is 11.4. The lowest BCUT2D eigenvalue weighted by Crippen LogP contribution is -2.08. The van der Waals surface area contributed by atoms with E-state index in [1.165, 1.54) is 0 Å². The first-order valence-electron chi connectivity index (χ1n) is 5.16. The minimum Gasteiger partial charge on any atom is -0.466 e. The molecule has 5 nitrogen and oxygen atoms in total. The molecule has 0 atom stereocenters. The summed E-state index contributed by atoms with van der Waals surface area (Å²) < 4.78 is 5.20. The molecule has 98 valence electrons. The van der Waals surface area contributed by atoms with Crippen LogP contribution < -0.4 is 0 Å². The van der Waals surface area contributed by atoms with Gasteiger partial charge in [0.25, 0.3) is 5.69 Å². The predicted molar refractivity (Wildman–Crippen MR) is 73.8 cm³/mol. The van der Waals surface area contributed by atoms with Crippen LogP contribution in [0.2, 0.25) is 0 Å². The number of carbonyl (C=O) groups is 1. The van der Waals surface area contributed by atoms with Crippen molar-refractivity contribution in [2.75, 3.05) is 6.61 Å². The van der Waals surface area contributed by atoms with Crippen LogP contribution in [-0.2, 0) is 21.3 Å². The Kier molecular flexibility index (Phi) is 5.74. The van der Waals surface area contributed by atoms with Crippen molar-refractivity contribution in [3.8, 4) is 0 Å². The van der Waals surface area contributed by atoms with Gasteiger partial charge in [0.15, 0.2) is 0 Å². The number of alkyl halides is 1. The highest BCUT2D eigenvalue weighted by molar-refractivity contribution is 9.10. The molecule has 0 aliphatic carbocycles. The van der Waals surface area contributed by atoms with Crippen LogP contribution in [0.25, 0.3) is 0 Å². The van der Waals surface area contributed by atoms with Gasteiger partial charge in [-0.2, -0.15) is 0 Å². The number of benzene rings is 1. The lowest BCUT2D eigenvalue weighted by atomic mass is 10.1. The number of carbonyl (C=O) groups excluding carboxylic acids is 1. The van der Waals surface area contributed by atoms with Crippen molar-refractivity contribution in [3.63, 3.8) is 0 Å². The molecule has 0 aliphatic rings. The first kappa shape index (κ1) is 15.1. The van der Waals surface area contributed by atoms with Crippen molar-refractivity contribution in [1.29, 1.82) is 0 Å². The Morgan fingerprint density at radius 2 is 2.17 bits per heavy atom. The Bertz CT molecular complexity index is 476. The van der Waals surface area contributed by atoms with E-state index in [4.69, 9.17) is 4.74 Å². The van der Waals surface area contributed by atoms with E-state index in [-0.39, 0.29) is 18.1 Å². The maximum Gasteiger partial charge on any atom is 0.310 e. The third kappa shape index (κ3) is 3.78. The fraction of sp³-hybridized carbons (Fsp3) is 0.364. The molecule has 1 aromatic rings. The molecule has 18 heavy (non-hydrogen) atoms. The first-order chi connectivity index (χ1) is 8.49. The average molecular weight is 381 g/mol. The topological polar surface area (TPSA) is 69.4 Å². The molecular formula is C11H11Br2NO4. The summed E-state index contributed by atoms with van der Waals surface area (Å²) in [6.07, 6.45) is 0.102. The molecule has 0 unspecified atom stereocenters. The molecule has 0 saturated heterocycles. The Balaban J connectivity index is 3.07. The summed E-state index contributed by atoms with van der Waals surface area (Å²) in [5.74, 6) is -0.348. The molecule has 0 spiro atoms. The highest BCUT2D eigenvalue weighted by Gasteiger charge is 2.19. The van der Waals surface area contributed by atoms with Crippen molar-refractivity contribution in [2.24, 2.45) is 0 Å². The van der Waals surface area contributed by atoms with Gasteiger partial charge in [-0.25, -0.2) is 0 Å². The highest BCUT2D eigenvalue weighted by Crippen LogP contribution is 2.32. The zero-order chi connectivity index (χ0) is 13.7. The lowest BCUT2D eigenvalue weighted by Gasteiger charge is -2.06. The van der Waals surface area contributed by atoms with Gasteiger partial charge in [0.05, 0.1) is 22.4 Å². The van der Waals surface area contributed by atoms with E-state index in [2.05, 4.69) is 31.9 Å². The van der Waals surface area contributed by atoms with Gasteiger partial charge in [-0.1, -0.05) is 15.9 Å². The molecule has 0 aliphatic heterocycles.